The maximum atomic E-state index is 11.3. The van der Waals surface area contributed by atoms with Gasteiger partial charge in [0, 0.05) is 12.0 Å². The monoisotopic (exact) mass is 417 g/mol. The van der Waals surface area contributed by atoms with Crippen molar-refractivity contribution in [2.24, 2.45) is 0 Å². The number of nitriles is 1. The molecule has 3 rings (SSSR count). The second kappa shape index (κ2) is 12.0. The minimum Gasteiger partial charge on any atom is -0.494 e. The average molecular weight is 418 g/mol. The summed E-state index contributed by atoms with van der Waals surface area (Å²) in [4.78, 5) is 11.3. The summed E-state index contributed by atoms with van der Waals surface area (Å²) in [7, 11) is 0. The molecule has 4 nitrogen and oxygen atoms in total. The van der Waals surface area contributed by atoms with Gasteiger partial charge in [0.2, 0.25) is 0 Å². The number of ether oxygens (including phenoxy) is 2. The number of hydrogen-bond donors (Lipinski definition) is 0. The standard InChI is InChI=1S/C27H31NO3/c1-21-19-26(31-27(21)29)9-7-5-3-2-4-6-8-18-30-25-16-14-24(15-17-25)23-12-10-22(20-28)11-13-23/h10-17,26H,1-9,18-19H2. The van der Waals surface area contributed by atoms with Crippen LogP contribution in [0.5, 0.6) is 5.75 Å². The maximum Gasteiger partial charge on any atom is 0.333 e. The van der Waals surface area contributed by atoms with Crippen LogP contribution in [0, 0.1) is 11.3 Å². The van der Waals surface area contributed by atoms with Crippen molar-refractivity contribution in [3.05, 3.63) is 66.2 Å². The lowest BCUT2D eigenvalue weighted by Gasteiger charge is -2.09. The van der Waals surface area contributed by atoms with Crippen molar-refractivity contribution in [1.29, 1.82) is 5.26 Å². The van der Waals surface area contributed by atoms with E-state index in [0.717, 1.165) is 42.7 Å². The largest absolute Gasteiger partial charge is 0.494 e. The van der Waals surface area contributed by atoms with Gasteiger partial charge in [-0.25, -0.2) is 4.79 Å². The van der Waals surface area contributed by atoms with Crippen LogP contribution in [0.3, 0.4) is 0 Å². The summed E-state index contributed by atoms with van der Waals surface area (Å²) >= 11 is 0. The third kappa shape index (κ3) is 7.29. The fraction of sp³-hybridized carbons (Fsp3) is 0.407. The van der Waals surface area contributed by atoms with Gasteiger partial charge >= 0.3 is 5.97 Å². The first-order valence-corrected chi connectivity index (χ1v) is 11.3. The van der Waals surface area contributed by atoms with E-state index >= 15 is 0 Å². The Kier molecular flexibility index (Phi) is 8.72. The molecule has 1 heterocycles. The van der Waals surface area contributed by atoms with Gasteiger partial charge in [-0.1, -0.05) is 62.9 Å². The molecule has 0 spiro atoms. The summed E-state index contributed by atoms with van der Waals surface area (Å²) in [6.07, 6.45) is 10.0. The Morgan fingerprint density at radius 1 is 0.903 bits per heavy atom. The van der Waals surface area contributed by atoms with Gasteiger partial charge in [-0.3, -0.25) is 0 Å². The van der Waals surface area contributed by atoms with Gasteiger partial charge < -0.3 is 9.47 Å². The van der Waals surface area contributed by atoms with Crippen LogP contribution in [-0.2, 0) is 9.53 Å². The molecule has 4 heteroatoms. The molecule has 1 atom stereocenters. The summed E-state index contributed by atoms with van der Waals surface area (Å²) in [5, 5.41) is 8.89. The molecular formula is C27H31NO3. The Hall–Kier alpha value is -3.06. The second-order valence-corrected chi connectivity index (χ2v) is 8.16. The molecule has 1 fully saturated rings. The van der Waals surface area contributed by atoms with Crippen LogP contribution in [-0.4, -0.2) is 18.7 Å². The van der Waals surface area contributed by atoms with Crippen LogP contribution in [0.25, 0.3) is 11.1 Å². The molecule has 0 bridgehead atoms. The number of unbranched alkanes of at least 4 members (excludes halogenated alkanes) is 6. The van der Waals surface area contributed by atoms with E-state index in [2.05, 4.69) is 24.8 Å². The number of cyclic esters (lactones) is 1. The maximum absolute atomic E-state index is 11.3. The molecule has 2 aromatic rings. The predicted molar refractivity (Wildman–Crippen MR) is 123 cm³/mol. The smallest absolute Gasteiger partial charge is 0.333 e. The van der Waals surface area contributed by atoms with E-state index in [0.29, 0.717) is 17.6 Å². The lowest BCUT2D eigenvalue weighted by molar-refractivity contribution is -0.139. The van der Waals surface area contributed by atoms with Crippen LogP contribution in [0.4, 0.5) is 0 Å². The predicted octanol–water partition coefficient (Wildman–Crippen LogP) is 6.60. The minimum absolute atomic E-state index is 0.0651. The van der Waals surface area contributed by atoms with Crippen molar-refractivity contribution in [3.8, 4) is 22.9 Å². The first-order chi connectivity index (χ1) is 15.2. The van der Waals surface area contributed by atoms with E-state index in [4.69, 9.17) is 14.7 Å². The minimum atomic E-state index is -0.213. The van der Waals surface area contributed by atoms with E-state index < -0.39 is 0 Å². The SMILES string of the molecule is C=C1CC(CCCCCCCCCOc2ccc(-c3ccc(C#N)cc3)cc2)OC1=O. The number of esters is 1. The van der Waals surface area contributed by atoms with Crippen molar-refractivity contribution in [2.45, 2.75) is 63.9 Å². The van der Waals surface area contributed by atoms with Crippen molar-refractivity contribution in [1.82, 2.24) is 0 Å². The molecule has 0 saturated carbocycles. The molecule has 0 radical (unpaired) electrons. The molecule has 1 saturated heterocycles. The molecule has 0 N–H and O–H groups in total. The number of rotatable bonds is 12. The first-order valence-electron chi connectivity index (χ1n) is 11.3. The highest BCUT2D eigenvalue weighted by molar-refractivity contribution is 5.89. The van der Waals surface area contributed by atoms with Crippen LogP contribution in [0.15, 0.2) is 60.7 Å². The summed E-state index contributed by atoms with van der Waals surface area (Å²) in [5.41, 5.74) is 3.51. The first kappa shape index (κ1) is 22.6. The summed E-state index contributed by atoms with van der Waals surface area (Å²) < 4.78 is 11.1. The number of hydrogen-bond acceptors (Lipinski definition) is 4. The zero-order valence-electron chi connectivity index (χ0n) is 18.1. The Balaban J connectivity index is 1.21. The van der Waals surface area contributed by atoms with Crippen LogP contribution < -0.4 is 4.74 Å². The zero-order valence-corrected chi connectivity index (χ0v) is 18.1. The second-order valence-electron chi connectivity index (χ2n) is 8.16. The van der Waals surface area contributed by atoms with Crippen LogP contribution >= 0.6 is 0 Å². The Morgan fingerprint density at radius 2 is 1.48 bits per heavy atom. The highest BCUT2D eigenvalue weighted by Gasteiger charge is 2.26. The molecule has 1 unspecified atom stereocenters. The summed E-state index contributed by atoms with van der Waals surface area (Å²) in [6.45, 7) is 4.47. The van der Waals surface area contributed by atoms with Gasteiger partial charge in [-0.2, -0.15) is 5.26 Å². The molecule has 162 valence electrons. The molecule has 0 amide bonds. The molecule has 0 aliphatic carbocycles. The summed E-state index contributed by atoms with van der Waals surface area (Å²) in [5.74, 6) is 0.683. The quantitative estimate of drug-likeness (QED) is 0.222. The van der Waals surface area contributed by atoms with Gasteiger partial charge in [0.05, 0.1) is 18.2 Å². The topological polar surface area (TPSA) is 59.3 Å². The third-order valence-corrected chi connectivity index (χ3v) is 5.68. The van der Waals surface area contributed by atoms with E-state index in [-0.39, 0.29) is 12.1 Å². The number of nitrogens with zero attached hydrogens (tertiary/aromatic N) is 1. The molecule has 1 aliphatic heterocycles. The van der Waals surface area contributed by atoms with Gasteiger partial charge in [0.15, 0.2) is 0 Å². The molecule has 31 heavy (non-hydrogen) atoms. The van der Waals surface area contributed by atoms with Gasteiger partial charge in [-0.15, -0.1) is 0 Å². The van der Waals surface area contributed by atoms with Crippen LogP contribution in [0.2, 0.25) is 0 Å². The molecular weight excluding hydrogens is 386 g/mol. The highest BCUT2D eigenvalue weighted by atomic mass is 16.5. The van der Waals surface area contributed by atoms with Crippen molar-refractivity contribution in [2.75, 3.05) is 6.61 Å². The van der Waals surface area contributed by atoms with E-state index in [1.54, 1.807) is 0 Å². The highest BCUT2D eigenvalue weighted by Crippen LogP contribution is 2.24. The number of carbonyl (C=O) groups is 1. The number of carbonyl (C=O) groups excluding carboxylic acids is 1. The lowest BCUT2D eigenvalue weighted by atomic mass is 10.0. The van der Waals surface area contributed by atoms with Gasteiger partial charge in [0.25, 0.3) is 0 Å². The fourth-order valence-electron chi connectivity index (χ4n) is 3.82. The molecule has 1 aliphatic rings. The van der Waals surface area contributed by atoms with Gasteiger partial charge in [0.1, 0.15) is 11.9 Å². The third-order valence-electron chi connectivity index (χ3n) is 5.68. The van der Waals surface area contributed by atoms with Crippen molar-refractivity contribution >= 4 is 5.97 Å². The Labute approximate surface area is 185 Å². The summed E-state index contributed by atoms with van der Waals surface area (Å²) in [6, 6.07) is 17.9. The van der Waals surface area contributed by atoms with Crippen LogP contribution in [0.1, 0.15) is 63.4 Å². The van der Waals surface area contributed by atoms with E-state index in [1.165, 1.54) is 32.1 Å². The molecule has 0 aromatic heterocycles. The Bertz CT molecular complexity index is 878. The van der Waals surface area contributed by atoms with Crippen molar-refractivity contribution in [3.63, 3.8) is 0 Å². The number of benzene rings is 2. The molecule has 2 aromatic carbocycles. The Morgan fingerprint density at radius 3 is 2.06 bits per heavy atom. The fourth-order valence-corrected chi connectivity index (χ4v) is 3.82. The van der Waals surface area contributed by atoms with E-state index in [9.17, 15) is 4.79 Å². The normalized spacial score (nSPS) is 15.5. The van der Waals surface area contributed by atoms with Crippen molar-refractivity contribution < 1.29 is 14.3 Å². The van der Waals surface area contributed by atoms with E-state index in [1.807, 2.05) is 36.4 Å². The van der Waals surface area contributed by atoms with Gasteiger partial charge in [-0.05, 0) is 54.7 Å². The lowest BCUT2D eigenvalue weighted by Crippen LogP contribution is -2.06. The average Bonchev–Trinajstić information content (AvgIpc) is 3.12. The zero-order chi connectivity index (χ0) is 21.9.